The molecule has 4 rings (SSSR count). The van der Waals surface area contributed by atoms with Gasteiger partial charge in [0.25, 0.3) is 0 Å². The Morgan fingerprint density at radius 2 is 1.69 bits per heavy atom. The third-order valence-corrected chi connectivity index (χ3v) is 7.85. The summed E-state index contributed by atoms with van der Waals surface area (Å²) in [7, 11) is -2.18. The molecule has 0 bridgehead atoms. The van der Waals surface area contributed by atoms with E-state index in [2.05, 4.69) is 10.0 Å². The zero-order valence-corrected chi connectivity index (χ0v) is 21.1. The van der Waals surface area contributed by atoms with Crippen LogP contribution in [0, 0.1) is 13.8 Å². The molecule has 3 aromatic rings. The lowest BCUT2D eigenvalue weighted by atomic mass is 9.95. The van der Waals surface area contributed by atoms with Crippen LogP contribution in [0.15, 0.2) is 72.8 Å². The van der Waals surface area contributed by atoms with Gasteiger partial charge in [0.1, 0.15) is 5.75 Å². The topological polar surface area (TPSA) is 87.7 Å². The van der Waals surface area contributed by atoms with E-state index in [1.54, 1.807) is 24.1 Å². The van der Waals surface area contributed by atoms with Crippen molar-refractivity contribution in [3.63, 3.8) is 0 Å². The molecule has 0 aromatic heterocycles. The lowest BCUT2D eigenvalue weighted by Crippen LogP contribution is -2.57. The summed E-state index contributed by atoms with van der Waals surface area (Å²) in [6, 6.07) is 22.2. The van der Waals surface area contributed by atoms with Gasteiger partial charge in [-0.1, -0.05) is 60.7 Å². The van der Waals surface area contributed by atoms with E-state index in [9.17, 15) is 13.2 Å². The van der Waals surface area contributed by atoms with Gasteiger partial charge in [-0.2, -0.15) is 4.72 Å². The van der Waals surface area contributed by atoms with E-state index in [0.717, 1.165) is 28.0 Å². The highest BCUT2D eigenvalue weighted by atomic mass is 32.2. The summed E-state index contributed by atoms with van der Waals surface area (Å²) < 4.78 is 34.9. The third-order valence-electron chi connectivity index (χ3n) is 6.49. The molecule has 1 aliphatic heterocycles. The van der Waals surface area contributed by atoms with E-state index in [-0.39, 0.29) is 18.3 Å². The van der Waals surface area contributed by atoms with Gasteiger partial charge in [-0.05, 0) is 60.2 Å². The molecule has 7 nitrogen and oxygen atoms in total. The number of hydrogen-bond acceptors (Lipinski definition) is 4. The number of ether oxygens (including phenoxy) is 1. The Kier molecular flexibility index (Phi) is 7.14. The Morgan fingerprint density at radius 3 is 2.34 bits per heavy atom. The first kappa shape index (κ1) is 24.8. The maximum absolute atomic E-state index is 13.4. The van der Waals surface area contributed by atoms with Crippen LogP contribution in [-0.2, 0) is 27.9 Å². The monoisotopic (exact) mass is 493 g/mol. The number of aryl methyl sites for hydroxylation is 2. The molecule has 2 amide bonds. The number of methoxy groups -OCH3 is 1. The Bertz CT molecular complexity index is 1290. The Balaban J connectivity index is 1.69. The maximum Gasteiger partial charge on any atom is 0.319 e. The summed E-state index contributed by atoms with van der Waals surface area (Å²) in [5.74, 6) is 0.576. The van der Waals surface area contributed by atoms with Gasteiger partial charge in [-0.15, -0.1) is 0 Å². The molecule has 1 unspecified atom stereocenters. The van der Waals surface area contributed by atoms with Crippen LogP contribution in [0.5, 0.6) is 5.75 Å². The van der Waals surface area contributed by atoms with Crippen LogP contribution in [0.2, 0.25) is 0 Å². The molecular weight excluding hydrogens is 462 g/mol. The molecular formula is C27H31N3O4S. The van der Waals surface area contributed by atoms with E-state index < -0.39 is 15.7 Å². The van der Waals surface area contributed by atoms with Gasteiger partial charge in [-0.3, -0.25) is 4.90 Å². The minimum Gasteiger partial charge on any atom is -0.497 e. The molecule has 1 heterocycles. The van der Waals surface area contributed by atoms with Gasteiger partial charge in [0.15, 0.2) is 5.66 Å². The van der Waals surface area contributed by atoms with Crippen LogP contribution < -0.4 is 14.8 Å². The van der Waals surface area contributed by atoms with E-state index in [4.69, 9.17) is 4.74 Å². The second-order valence-corrected chi connectivity index (χ2v) is 10.6. The average molecular weight is 494 g/mol. The summed E-state index contributed by atoms with van der Waals surface area (Å²) in [6.07, 6.45) is 0.560. The smallest absolute Gasteiger partial charge is 0.319 e. The molecule has 0 aliphatic carbocycles. The van der Waals surface area contributed by atoms with Gasteiger partial charge >= 0.3 is 6.03 Å². The Hall–Kier alpha value is -3.36. The van der Waals surface area contributed by atoms with Crippen LogP contribution >= 0.6 is 0 Å². The molecule has 1 fully saturated rings. The number of carbonyl (C=O) groups excluding carboxylic acids is 1. The number of hydrogen-bond donors (Lipinski definition) is 2. The number of benzene rings is 3. The fourth-order valence-electron chi connectivity index (χ4n) is 4.39. The maximum atomic E-state index is 13.4. The highest BCUT2D eigenvalue weighted by molar-refractivity contribution is 7.88. The number of nitrogens with zero attached hydrogens (tertiary/aromatic N) is 1. The quantitative estimate of drug-likeness (QED) is 0.474. The van der Waals surface area contributed by atoms with Gasteiger partial charge in [0.2, 0.25) is 10.0 Å². The van der Waals surface area contributed by atoms with Crippen LogP contribution in [0.1, 0.15) is 27.8 Å². The molecule has 3 aromatic carbocycles. The van der Waals surface area contributed by atoms with Gasteiger partial charge in [-0.25, -0.2) is 13.2 Å². The fourth-order valence-corrected chi connectivity index (χ4v) is 5.91. The van der Waals surface area contributed by atoms with Crippen molar-refractivity contribution in [2.24, 2.45) is 0 Å². The van der Waals surface area contributed by atoms with Crippen LogP contribution in [0.25, 0.3) is 0 Å². The summed E-state index contributed by atoms with van der Waals surface area (Å²) in [5.41, 5.74) is 3.31. The lowest BCUT2D eigenvalue weighted by Gasteiger charge is -2.38. The van der Waals surface area contributed by atoms with E-state index in [1.807, 2.05) is 74.5 Å². The minimum atomic E-state index is -3.80. The van der Waals surface area contributed by atoms with Crippen LogP contribution in [0.4, 0.5) is 4.79 Å². The van der Waals surface area contributed by atoms with Crippen LogP contribution in [0.3, 0.4) is 0 Å². The van der Waals surface area contributed by atoms with Crippen molar-refractivity contribution >= 4 is 16.1 Å². The summed E-state index contributed by atoms with van der Waals surface area (Å²) in [4.78, 5) is 14.6. The van der Waals surface area contributed by atoms with Crippen LogP contribution in [-0.4, -0.2) is 39.5 Å². The minimum absolute atomic E-state index is 0.130. The molecule has 1 saturated heterocycles. The molecule has 8 heteroatoms. The van der Waals surface area contributed by atoms with E-state index in [1.165, 1.54) is 0 Å². The largest absolute Gasteiger partial charge is 0.497 e. The van der Waals surface area contributed by atoms with Crippen molar-refractivity contribution in [3.8, 4) is 5.75 Å². The van der Waals surface area contributed by atoms with E-state index in [0.29, 0.717) is 18.5 Å². The predicted molar refractivity (Wildman–Crippen MR) is 137 cm³/mol. The molecule has 0 saturated carbocycles. The SMILES string of the molecule is COc1ccc(CCN2C(=O)NCC2(NS(=O)(=O)Cc2ccccc2)c2ccc(C)c(C)c2)cc1. The van der Waals surface area contributed by atoms with E-state index >= 15 is 0 Å². The number of rotatable bonds is 9. The first-order valence-corrected chi connectivity index (χ1v) is 13.2. The molecule has 2 N–H and O–H groups in total. The number of nitrogens with one attached hydrogen (secondary N) is 2. The normalized spacial score (nSPS) is 17.9. The highest BCUT2D eigenvalue weighted by Gasteiger charge is 2.49. The lowest BCUT2D eigenvalue weighted by molar-refractivity contribution is 0.147. The molecule has 0 radical (unpaired) electrons. The summed E-state index contributed by atoms with van der Waals surface area (Å²) >= 11 is 0. The average Bonchev–Trinajstić information content (AvgIpc) is 3.15. The molecule has 0 spiro atoms. The second kappa shape index (κ2) is 10.1. The first-order chi connectivity index (χ1) is 16.7. The fraction of sp³-hybridized carbons (Fsp3) is 0.296. The van der Waals surface area contributed by atoms with Crippen molar-refractivity contribution in [2.45, 2.75) is 31.7 Å². The molecule has 184 valence electrons. The predicted octanol–water partition coefficient (Wildman–Crippen LogP) is 3.85. The summed E-state index contributed by atoms with van der Waals surface area (Å²) in [5, 5.41) is 2.87. The third kappa shape index (κ3) is 5.49. The Labute approximate surface area is 207 Å². The number of sulfonamides is 1. The standard InChI is InChI=1S/C27H31N3O4S/c1-20-9-12-24(17-21(20)2)27(29-35(32,33)18-23-7-5-4-6-8-23)19-28-26(31)30(27)16-15-22-10-13-25(34-3)14-11-22/h4-14,17,29H,15-16,18-19H2,1-3H3,(H,28,31). The Morgan fingerprint density at radius 1 is 0.971 bits per heavy atom. The molecule has 1 aliphatic rings. The zero-order chi connectivity index (χ0) is 25.1. The number of urea groups is 1. The van der Waals surface area contributed by atoms with Crippen molar-refractivity contribution in [1.29, 1.82) is 0 Å². The highest BCUT2D eigenvalue weighted by Crippen LogP contribution is 2.32. The summed E-state index contributed by atoms with van der Waals surface area (Å²) in [6.45, 7) is 4.45. The van der Waals surface area contributed by atoms with Crippen molar-refractivity contribution < 1.29 is 17.9 Å². The first-order valence-electron chi connectivity index (χ1n) is 11.5. The molecule has 1 atom stereocenters. The van der Waals surface area contributed by atoms with Gasteiger partial charge < -0.3 is 10.1 Å². The van der Waals surface area contributed by atoms with Crippen molar-refractivity contribution in [1.82, 2.24) is 14.9 Å². The van der Waals surface area contributed by atoms with Crippen molar-refractivity contribution in [3.05, 3.63) is 101 Å². The number of amides is 2. The van der Waals surface area contributed by atoms with Crippen molar-refractivity contribution in [2.75, 3.05) is 20.2 Å². The molecule has 35 heavy (non-hydrogen) atoms. The van der Waals surface area contributed by atoms with Gasteiger partial charge in [0.05, 0.1) is 19.4 Å². The van der Waals surface area contributed by atoms with Gasteiger partial charge in [0, 0.05) is 6.54 Å². The number of carbonyl (C=O) groups is 1. The second-order valence-electron chi connectivity index (χ2n) is 8.91. The zero-order valence-electron chi connectivity index (χ0n) is 20.2.